The van der Waals surface area contributed by atoms with Gasteiger partial charge in [0.15, 0.2) is 0 Å². The molecule has 4 aliphatic rings. The van der Waals surface area contributed by atoms with Crippen LogP contribution in [0, 0.1) is 11.3 Å². The van der Waals surface area contributed by atoms with Crippen molar-refractivity contribution in [3.05, 3.63) is 35.5 Å². The van der Waals surface area contributed by atoms with Crippen molar-refractivity contribution in [2.75, 3.05) is 13.2 Å². The number of amides is 3. The molecule has 0 radical (unpaired) electrons. The summed E-state index contributed by atoms with van der Waals surface area (Å²) in [5.74, 6) is -3.34. The smallest absolute Gasteiger partial charge is 0.355 e. The van der Waals surface area contributed by atoms with Crippen LogP contribution in [-0.2, 0) is 52.1 Å². The summed E-state index contributed by atoms with van der Waals surface area (Å²) in [6, 6.07) is 6.67. The molecule has 14 heteroatoms. The summed E-state index contributed by atoms with van der Waals surface area (Å²) in [6.07, 6.45) is 3.91. The van der Waals surface area contributed by atoms with Gasteiger partial charge in [0.2, 0.25) is 21.8 Å². The van der Waals surface area contributed by atoms with E-state index in [1.807, 2.05) is 39.0 Å². The van der Waals surface area contributed by atoms with Gasteiger partial charge in [0.05, 0.1) is 24.8 Å². The lowest BCUT2D eigenvalue weighted by atomic mass is 9.87. The Kier molecular flexibility index (Phi) is 9.79. The fourth-order valence-corrected chi connectivity index (χ4v) is 8.81. The second-order valence-electron chi connectivity index (χ2n) is 15.2. The zero-order valence-electron chi connectivity index (χ0n) is 29.3. The predicted octanol–water partition coefficient (Wildman–Crippen LogP) is 3.27. The second kappa shape index (κ2) is 13.6. The Morgan fingerprint density at radius 3 is 2.52 bits per heavy atom. The molecule has 1 aromatic heterocycles. The SMILES string of the molecule is CC[C@@H]1C[C@]1(NC(=O)[C@@H]1C[C@@H]2CN1C(=O)CCC(=O)OCC(C)(C)CCCCc1cccc3c1cc(n3C)C(=O)O2)C(=O)NS(=O)(=O)C1CC1. The van der Waals surface area contributed by atoms with E-state index in [1.54, 1.807) is 11.6 Å². The number of carbonyl (C=O) groups excluding carboxylic acids is 5. The predicted molar refractivity (Wildman–Crippen MR) is 183 cm³/mol. The van der Waals surface area contributed by atoms with Crippen LogP contribution >= 0.6 is 0 Å². The third-order valence-corrected chi connectivity index (χ3v) is 12.6. The second-order valence-corrected chi connectivity index (χ2v) is 17.2. The molecule has 2 saturated carbocycles. The molecule has 50 heavy (non-hydrogen) atoms. The van der Waals surface area contributed by atoms with Crippen LogP contribution in [0.5, 0.6) is 0 Å². The van der Waals surface area contributed by atoms with Crippen molar-refractivity contribution >= 4 is 50.6 Å². The van der Waals surface area contributed by atoms with Crippen LogP contribution in [0.3, 0.4) is 0 Å². The molecule has 3 fully saturated rings. The van der Waals surface area contributed by atoms with Crippen molar-refractivity contribution in [2.24, 2.45) is 18.4 Å². The summed E-state index contributed by atoms with van der Waals surface area (Å²) in [4.78, 5) is 68.6. The number of ether oxygens (including phenoxy) is 2. The maximum absolute atomic E-state index is 14.0. The molecule has 3 heterocycles. The van der Waals surface area contributed by atoms with E-state index in [0.717, 1.165) is 42.1 Å². The highest BCUT2D eigenvalue weighted by molar-refractivity contribution is 7.91. The first kappa shape index (κ1) is 35.9. The lowest BCUT2D eigenvalue weighted by molar-refractivity contribution is -0.149. The molecule has 1 saturated heterocycles. The molecule has 2 aliphatic carbocycles. The minimum absolute atomic E-state index is 0.0357. The number of esters is 2. The molecule has 0 spiro atoms. The Labute approximate surface area is 292 Å². The summed E-state index contributed by atoms with van der Waals surface area (Å²) in [5.41, 5.74) is 0.640. The van der Waals surface area contributed by atoms with Gasteiger partial charge in [-0.3, -0.25) is 23.9 Å². The van der Waals surface area contributed by atoms with Gasteiger partial charge in [0.1, 0.15) is 23.4 Å². The highest BCUT2D eigenvalue weighted by Crippen LogP contribution is 2.47. The molecule has 6 rings (SSSR count). The number of benzene rings is 1. The van der Waals surface area contributed by atoms with Crippen LogP contribution in [0.2, 0.25) is 0 Å². The van der Waals surface area contributed by atoms with Gasteiger partial charge in [-0.2, -0.15) is 0 Å². The van der Waals surface area contributed by atoms with Crippen molar-refractivity contribution < 1.29 is 41.9 Å². The molecule has 2 aromatic rings. The van der Waals surface area contributed by atoms with E-state index >= 15 is 0 Å². The molecule has 0 unspecified atom stereocenters. The Morgan fingerprint density at radius 2 is 1.82 bits per heavy atom. The fraction of sp³-hybridized carbons (Fsp3) is 0.639. The average molecular weight is 713 g/mol. The number of hydrogen-bond acceptors (Lipinski definition) is 9. The van der Waals surface area contributed by atoms with Crippen molar-refractivity contribution in [1.82, 2.24) is 19.5 Å². The molecule has 4 bridgehead atoms. The highest BCUT2D eigenvalue weighted by Gasteiger charge is 2.62. The van der Waals surface area contributed by atoms with Gasteiger partial charge in [-0.05, 0) is 67.6 Å². The number of nitrogens with zero attached hydrogens (tertiary/aromatic N) is 2. The monoisotopic (exact) mass is 712 g/mol. The van der Waals surface area contributed by atoms with Crippen LogP contribution in [0.1, 0.15) is 101 Å². The largest absolute Gasteiger partial charge is 0.465 e. The molecule has 3 amide bonds. The first-order chi connectivity index (χ1) is 23.6. The van der Waals surface area contributed by atoms with E-state index in [0.29, 0.717) is 25.0 Å². The molecule has 4 atom stereocenters. The third kappa shape index (κ3) is 7.40. The summed E-state index contributed by atoms with van der Waals surface area (Å²) >= 11 is 0. The lowest BCUT2D eigenvalue weighted by Gasteiger charge is -2.27. The van der Waals surface area contributed by atoms with Crippen molar-refractivity contribution in [3.63, 3.8) is 0 Å². The number of carbonyl (C=O) groups is 5. The van der Waals surface area contributed by atoms with E-state index in [2.05, 4.69) is 16.1 Å². The summed E-state index contributed by atoms with van der Waals surface area (Å²) < 4.78 is 40.7. The quantitative estimate of drug-likeness (QED) is 0.427. The number of aromatic nitrogens is 1. The van der Waals surface area contributed by atoms with E-state index in [-0.39, 0.29) is 50.2 Å². The van der Waals surface area contributed by atoms with Crippen LogP contribution < -0.4 is 10.0 Å². The molecule has 1 aromatic carbocycles. The van der Waals surface area contributed by atoms with E-state index in [1.165, 1.54) is 4.90 Å². The van der Waals surface area contributed by atoms with Crippen LogP contribution in [-0.4, -0.2) is 83.6 Å². The summed E-state index contributed by atoms with van der Waals surface area (Å²) in [5, 5.41) is 3.13. The first-order valence-electron chi connectivity index (χ1n) is 17.8. The number of sulfonamides is 1. The average Bonchev–Trinajstić information content (AvgIpc) is 3.97. The zero-order chi connectivity index (χ0) is 36.0. The number of rotatable bonds is 6. The fourth-order valence-electron chi connectivity index (χ4n) is 7.44. The Balaban J connectivity index is 1.25. The van der Waals surface area contributed by atoms with Crippen LogP contribution in [0.4, 0.5) is 0 Å². The Hall–Kier alpha value is -3.94. The normalized spacial score (nSPS) is 27.8. The molecular formula is C36H48N4O9S. The summed E-state index contributed by atoms with van der Waals surface area (Å²) in [7, 11) is -2.06. The topological polar surface area (TPSA) is 170 Å². The number of cyclic esters (lactones) is 1. The van der Waals surface area contributed by atoms with Crippen molar-refractivity contribution in [2.45, 2.75) is 114 Å². The molecule has 2 N–H and O–H groups in total. The number of aryl methyl sites for hydroxylation is 2. The molecule has 272 valence electrons. The van der Waals surface area contributed by atoms with Crippen molar-refractivity contribution in [3.8, 4) is 0 Å². The minimum Gasteiger partial charge on any atom is -0.465 e. The van der Waals surface area contributed by atoms with Gasteiger partial charge in [-0.25, -0.2) is 13.2 Å². The molecule has 13 nitrogen and oxygen atoms in total. The van der Waals surface area contributed by atoms with Gasteiger partial charge in [0.25, 0.3) is 5.91 Å². The summed E-state index contributed by atoms with van der Waals surface area (Å²) in [6.45, 7) is 6.05. The maximum Gasteiger partial charge on any atom is 0.355 e. The molecule has 2 aliphatic heterocycles. The number of fused-ring (bicyclic) bond motifs is 3. The highest BCUT2D eigenvalue weighted by atomic mass is 32.2. The number of hydrogen-bond donors (Lipinski definition) is 2. The zero-order valence-corrected chi connectivity index (χ0v) is 30.1. The Bertz CT molecular complexity index is 1810. The van der Waals surface area contributed by atoms with Crippen LogP contribution in [0.25, 0.3) is 10.9 Å². The van der Waals surface area contributed by atoms with Crippen LogP contribution in [0.15, 0.2) is 24.3 Å². The van der Waals surface area contributed by atoms with E-state index in [4.69, 9.17) is 9.47 Å². The molecular weight excluding hydrogens is 664 g/mol. The van der Waals surface area contributed by atoms with Gasteiger partial charge >= 0.3 is 11.9 Å². The first-order valence-corrected chi connectivity index (χ1v) is 19.3. The van der Waals surface area contributed by atoms with Gasteiger partial charge in [-0.1, -0.05) is 45.7 Å². The van der Waals surface area contributed by atoms with Gasteiger partial charge in [0, 0.05) is 30.8 Å². The van der Waals surface area contributed by atoms with E-state index < -0.39 is 62.6 Å². The van der Waals surface area contributed by atoms with Gasteiger partial charge < -0.3 is 24.3 Å². The van der Waals surface area contributed by atoms with Crippen molar-refractivity contribution in [1.29, 1.82) is 0 Å². The lowest BCUT2D eigenvalue weighted by Crippen LogP contribution is -2.56. The third-order valence-electron chi connectivity index (χ3n) is 10.8. The minimum atomic E-state index is -3.85. The Morgan fingerprint density at radius 1 is 1.06 bits per heavy atom. The van der Waals surface area contributed by atoms with Gasteiger partial charge in [-0.15, -0.1) is 0 Å². The maximum atomic E-state index is 14.0. The van der Waals surface area contributed by atoms with E-state index in [9.17, 15) is 32.4 Å². The number of nitrogens with one attached hydrogen (secondary N) is 2. The standard InChI is InChI=1S/C36H48N4O9S/c1-5-23-19-36(23,34(45)38-50(46,47)25-12-13-25)37-32(43)28-17-24-20-40(28)30(41)14-15-31(42)48-21-35(2,3)16-7-6-9-22-10-8-11-27-26(22)18-29(39(27)4)33(44)49-24/h8,10-11,18,23-25,28H,5-7,9,12-17,19-21H2,1-4H3,(H,37,43)(H,38,45)/t23-,24-,28+,36-/m1/s1.